The van der Waals surface area contributed by atoms with Crippen LogP contribution in [0.4, 0.5) is 0 Å². The molecule has 0 amide bonds. The van der Waals surface area contributed by atoms with Crippen molar-refractivity contribution < 1.29 is 19.0 Å². The second-order valence-electron chi connectivity index (χ2n) is 4.80. The van der Waals surface area contributed by atoms with Crippen LogP contribution in [0, 0.1) is 0 Å². The van der Waals surface area contributed by atoms with Crippen LogP contribution >= 0.6 is 11.3 Å². The van der Waals surface area contributed by atoms with Gasteiger partial charge in [-0.1, -0.05) is 6.92 Å². The molecule has 4 nitrogen and oxygen atoms in total. The van der Waals surface area contributed by atoms with Gasteiger partial charge in [0.1, 0.15) is 22.8 Å². The number of thiophene rings is 1. The minimum atomic E-state index is -0.166. The van der Waals surface area contributed by atoms with E-state index in [0.29, 0.717) is 28.6 Å². The van der Waals surface area contributed by atoms with Gasteiger partial charge >= 0.3 is 0 Å². The first-order chi connectivity index (χ1) is 10.7. The number of methoxy groups -OCH3 is 2. The number of Topliss-reactive ketones (excluding diaryl/α,β-unsaturated/α-hetero) is 1. The lowest BCUT2D eigenvalue weighted by Gasteiger charge is -2.07. The van der Waals surface area contributed by atoms with Gasteiger partial charge in [-0.05, 0) is 18.6 Å². The van der Waals surface area contributed by atoms with E-state index in [9.17, 15) is 4.79 Å². The summed E-state index contributed by atoms with van der Waals surface area (Å²) >= 11 is 1.65. The average Bonchev–Trinajstić information content (AvgIpc) is 3.12. The molecular weight excluding hydrogens is 300 g/mol. The molecule has 2 heterocycles. The lowest BCUT2D eigenvalue weighted by atomic mass is 10.1. The number of carbonyl (C=O) groups is 1. The molecular formula is C17H16O4S. The standard InChI is InChI=1S/C17H16O4S/c1-4-11-5-6-12(22-11)9-15-17(18)16-13(20-3)7-10(19-2)8-14(16)21-15/h5-9H,4H2,1-3H3. The molecule has 0 fully saturated rings. The summed E-state index contributed by atoms with van der Waals surface area (Å²) in [5, 5.41) is 0. The van der Waals surface area contributed by atoms with Gasteiger partial charge < -0.3 is 14.2 Å². The second-order valence-corrected chi connectivity index (χ2v) is 6.00. The highest BCUT2D eigenvalue weighted by molar-refractivity contribution is 7.12. The molecule has 0 spiro atoms. The van der Waals surface area contributed by atoms with E-state index in [-0.39, 0.29) is 5.78 Å². The molecule has 1 aliphatic heterocycles. The molecule has 0 aliphatic carbocycles. The average molecular weight is 316 g/mol. The number of hydrogen-bond acceptors (Lipinski definition) is 5. The highest BCUT2D eigenvalue weighted by atomic mass is 32.1. The van der Waals surface area contributed by atoms with Crippen molar-refractivity contribution in [3.8, 4) is 17.2 Å². The third-order valence-corrected chi connectivity index (χ3v) is 4.65. The van der Waals surface area contributed by atoms with Crippen molar-refractivity contribution in [3.05, 3.63) is 45.3 Å². The highest BCUT2D eigenvalue weighted by Gasteiger charge is 2.32. The van der Waals surface area contributed by atoms with Crippen molar-refractivity contribution in [2.24, 2.45) is 0 Å². The van der Waals surface area contributed by atoms with Crippen LogP contribution in [0.5, 0.6) is 17.2 Å². The second kappa shape index (κ2) is 5.85. The molecule has 0 bridgehead atoms. The SMILES string of the molecule is CCc1ccc(C=C2Oc3cc(OC)cc(OC)c3C2=O)s1. The first-order valence-electron chi connectivity index (χ1n) is 6.95. The van der Waals surface area contributed by atoms with Crippen LogP contribution in [0.15, 0.2) is 30.0 Å². The predicted octanol–water partition coefficient (Wildman–Crippen LogP) is 3.94. The number of benzene rings is 1. The highest BCUT2D eigenvalue weighted by Crippen LogP contribution is 2.41. The molecule has 114 valence electrons. The Kier molecular flexibility index (Phi) is 3.90. The van der Waals surface area contributed by atoms with E-state index < -0.39 is 0 Å². The monoisotopic (exact) mass is 316 g/mol. The van der Waals surface area contributed by atoms with Crippen molar-refractivity contribution >= 4 is 23.2 Å². The zero-order valence-corrected chi connectivity index (χ0v) is 13.5. The summed E-state index contributed by atoms with van der Waals surface area (Å²) in [4.78, 5) is 14.8. The van der Waals surface area contributed by atoms with E-state index in [1.54, 1.807) is 36.7 Å². The van der Waals surface area contributed by atoms with Gasteiger partial charge in [-0.2, -0.15) is 0 Å². The predicted molar refractivity (Wildman–Crippen MR) is 86.2 cm³/mol. The van der Waals surface area contributed by atoms with Crippen LogP contribution < -0.4 is 14.2 Å². The molecule has 0 saturated heterocycles. The Morgan fingerprint density at radius 1 is 1.23 bits per heavy atom. The Bertz CT molecular complexity index is 758. The summed E-state index contributed by atoms with van der Waals surface area (Å²) in [6.45, 7) is 2.10. The number of carbonyl (C=O) groups excluding carboxylic acids is 1. The van der Waals surface area contributed by atoms with Crippen LogP contribution in [-0.2, 0) is 6.42 Å². The maximum absolute atomic E-state index is 12.5. The van der Waals surface area contributed by atoms with E-state index in [1.807, 2.05) is 6.07 Å². The molecule has 1 aromatic heterocycles. The Labute approximate surface area is 132 Å². The van der Waals surface area contributed by atoms with Gasteiger partial charge in [0.25, 0.3) is 0 Å². The molecule has 0 atom stereocenters. The summed E-state index contributed by atoms with van der Waals surface area (Å²) < 4.78 is 16.2. The van der Waals surface area contributed by atoms with Crippen molar-refractivity contribution in [2.45, 2.75) is 13.3 Å². The molecule has 22 heavy (non-hydrogen) atoms. The number of fused-ring (bicyclic) bond motifs is 1. The van der Waals surface area contributed by atoms with Crippen molar-refractivity contribution in [3.63, 3.8) is 0 Å². The fourth-order valence-electron chi connectivity index (χ4n) is 2.32. The first kappa shape index (κ1) is 14.7. The van der Waals surface area contributed by atoms with Crippen molar-refractivity contribution in [1.82, 2.24) is 0 Å². The fourth-order valence-corrected chi connectivity index (χ4v) is 3.21. The van der Waals surface area contributed by atoms with Gasteiger partial charge in [-0.25, -0.2) is 0 Å². The number of ketones is 1. The first-order valence-corrected chi connectivity index (χ1v) is 7.77. The van der Waals surface area contributed by atoms with Crippen LogP contribution in [-0.4, -0.2) is 20.0 Å². The summed E-state index contributed by atoms with van der Waals surface area (Å²) in [7, 11) is 3.09. The normalized spacial score (nSPS) is 14.9. The maximum Gasteiger partial charge on any atom is 0.235 e. The van der Waals surface area contributed by atoms with E-state index in [0.717, 1.165) is 11.3 Å². The van der Waals surface area contributed by atoms with Gasteiger partial charge in [0.05, 0.1) is 14.2 Å². The summed E-state index contributed by atoms with van der Waals surface area (Å²) in [5.41, 5.74) is 0.446. The number of hydrogen-bond donors (Lipinski definition) is 0. The molecule has 0 radical (unpaired) electrons. The summed E-state index contributed by atoms with van der Waals surface area (Å²) in [6, 6.07) is 7.44. The molecule has 0 unspecified atom stereocenters. The molecule has 0 N–H and O–H groups in total. The number of rotatable bonds is 4. The van der Waals surface area contributed by atoms with Gasteiger partial charge in [-0.3, -0.25) is 4.79 Å². The van der Waals surface area contributed by atoms with Crippen LogP contribution in [0.2, 0.25) is 0 Å². The van der Waals surface area contributed by atoms with Gasteiger partial charge in [0.15, 0.2) is 5.76 Å². The topological polar surface area (TPSA) is 44.8 Å². The molecule has 0 saturated carbocycles. The van der Waals surface area contributed by atoms with E-state index in [1.165, 1.54) is 12.0 Å². The van der Waals surface area contributed by atoms with E-state index >= 15 is 0 Å². The third-order valence-electron chi connectivity index (χ3n) is 3.47. The van der Waals surface area contributed by atoms with Crippen LogP contribution in [0.3, 0.4) is 0 Å². The van der Waals surface area contributed by atoms with Gasteiger partial charge in [0, 0.05) is 28.0 Å². The lowest BCUT2D eigenvalue weighted by Crippen LogP contribution is -1.99. The molecule has 1 aliphatic rings. The smallest absolute Gasteiger partial charge is 0.235 e. The van der Waals surface area contributed by atoms with E-state index in [2.05, 4.69) is 13.0 Å². The Hall–Kier alpha value is -2.27. The molecule has 2 aromatic rings. The van der Waals surface area contributed by atoms with Crippen LogP contribution in [0.1, 0.15) is 27.0 Å². The minimum absolute atomic E-state index is 0.166. The van der Waals surface area contributed by atoms with Gasteiger partial charge in [0.2, 0.25) is 5.78 Å². The number of aryl methyl sites for hydroxylation is 1. The summed E-state index contributed by atoms with van der Waals surface area (Å²) in [5.74, 6) is 1.67. The minimum Gasteiger partial charge on any atom is -0.496 e. The molecule has 3 rings (SSSR count). The zero-order chi connectivity index (χ0) is 15.7. The van der Waals surface area contributed by atoms with E-state index in [4.69, 9.17) is 14.2 Å². The largest absolute Gasteiger partial charge is 0.496 e. The van der Waals surface area contributed by atoms with Crippen molar-refractivity contribution in [2.75, 3.05) is 14.2 Å². The fraction of sp³-hybridized carbons (Fsp3) is 0.235. The third kappa shape index (κ3) is 2.48. The van der Waals surface area contributed by atoms with Crippen LogP contribution in [0.25, 0.3) is 6.08 Å². The van der Waals surface area contributed by atoms with Crippen molar-refractivity contribution in [1.29, 1.82) is 0 Å². The Balaban J connectivity index is 2.00. The molecule has 5 heteroatoms. The maximum atomic E-state index is 12.5. The molecule has 1 aromatic carbocycles. The quantitative estimate of drug-likeness (QED) is 0.801. The number of allylic oxidation sites excluding steroid dienone is 1. The number of ether oxygens (including phenoxy) is 3. The Morgan fingerprint density at radius 2 is 2.05 bits per heavy atom. The lowest BCUT2D eigenvalue weighted by molar-refractivity contribution is 0.101. The zero-order valence-electron chi connectivity index (χ0n) is 12.6. The summed E-state index contributed by atoms with van der Waals surface area (Å²) in [6.07, 6.45) is 2.76. The van der Waals surface area contributed by atoms with Gasteiger partial charge in [-0.15, -0.1) is 11.3 Å². The Morgan fingerprint density at radius 3 is 2.68 bits per heavy atom.